The molecule has 0 aliphatic carbocycles. The maximum Gasteiger partial charge on any atom is 0.192 e. The summed E-state index contributed by atoms with van der Waals surface area (Å²) in [7, 11) is 1.67. The van der Waals surface area contributed by atoms with Gasteiger partial charge in [0.25, 0.3) is 0 Å². The number of anilines is 1. The van der Waals surface area contributed by atoms with Crippen LogP contribution in [0.4, 0.5) is 5.69 Å². The first-order chi connectivity index (χ1) is 7.29. The summed E-state index contributed by atoms with van der Waals surface area (Å²) in [5.74, 6) is 0.448. The largest absolute Gasteiger partial charge is 0.370 e. The van der Waals surface area contributed by atoms with Gasteiger partial charge < -0.3 is 16.4 Å². The fourth-order valence-electron chi connectivity index (χ4n) is 1.76. The third-order valence-corrected chi connectivity index (χ3v) is 2.61. The Labute approximate surface area is 89.6 Å². The number of benzene rings is 1. The van der Waals surface area contributed by atoms with E-state index in [0.29, 0.717) is 5.96 Å². The van der Waals surface area contributed by atoms with E-state index in [1.54, 1.807) is 7.05 Å². The van der Waals surface area contributed by atoms with E-state index >= 15 is 0 Å². The van der Waals surface area contributed by atoms with E-state index in [2.05, 4.69) is 27.8 Å². The van der Waals surface area contributed by atoms with Crippen molar-refractivity contribution in [2.45, 2.75) is 13.0 Å². The molecule has 0 amide bonds. The second kappa shape index (κ2) is 4.31. The highest BCUT2D eigenvalue weighted by molar-refractivity contribution is 5.92. The SMILES string of the molecule is CN=C(N)Nc1ccc2c(c1)CCNC2. The molecule has 4 nitrogen and oxygen atoms in total. The van der Waals surface area contributed by atoms with E-state index in [9.17, 15) is 0 Å². The number of nitrogens with one attached hydrogen (secondary N) is 2. The van der Waals surface area contributed by atoms with Crippen LogP contribution in [0, 0.1) is 0 Å². The van der Waals surface area contributed by atoms with E-state index < -0.39 is 0 Å². The molecule has 0 radical (unpaired) electrons. The molecule has 0 bridgehead atoms. The van der Waals surface area contributed by atoms with Crippen LogP contribution in [-0.4, -0.2) is 19.6 Å². The highest BCUT2D eigenvalue weighted by Crippen LogP contribution is 2.18. The van der Waals surface area contributed by atoms with Gasteiger partial charge in [-0.2, -0.15) is 0 Å². The number of fused-ring (bicyclic) bond motifs is 1. The van der Waals surface area contributed by atoms with Gasteiger partial charge in [0.15, 0.2) is 5.96 Å². The molecule has 1 heterocycles. The quantitative estimate of drug-likeness (QED) is 0.466. The van der Waals surface area contributed by atoms with Gasteiger partial charge in [-0.15, -0.1) is 0 Å². The summed E-state index contributed by atoms with van der Waals surface area (Å²) in [6, 6.07) is 6.31. The Morgan fingerprint density at radius 1 is 1.47 bits per heavy atom. The second-order valence-corrected chi connectivity index (χ2v) is 3.64. The normalized spacial score (nSPS) is 15.9. The van der Waals surface area contributed by atoms with Crippen molar-refractivity contribution in [3.05, 3.63) is 29.3 Å². The summed E-state index contributed by atoms with van der Waals surface area (Å²) in [6.45, 7) is 2.01. The maximum atomic E-state index is 5.61. The number of rotatable bonds is 1. The predicted octanol–water partition coefficient (Wildman–Crippen LogP) is 0.689. The molecule has 4 heteroatoms. The summed E-state index contributed by atoms with van der Waals surface area (Å²) < 4.78 is 0. The molecule has 80 valence electrons. The molecule has 2 rings (SSSR count). The lowest BCUT2D eigenvalue weighted by atomic mass is 10.0. The van der Waals surface area contributed by atoms with E-state index in [4.69, 9.17) is 5.73 Å². The van der Waals surface area contributed by atoms with E-state index in [1.165, 1.54) is 11.1 Å². The summed E-state index contributed by atoms with van der Waals surface area (Å²) in [5.41, 5.74) is 9.39. The van der Waals surface area contributed by atoms with E-state index in [1.807, 2.05) is 6.07 Å². The lowest BCUT2D eigenvalue weighted by Gasteiger charge is -2.18. The van der Waals surface area contributed by atoms with Crippen molar-refractivity contribution >= 4 is 11.6 Å². The Morgan fingerprint density at radius 2 is 2.33 bits per heavy atom. The Balaban J connectivity index is 2.20. The first-order valence-corrected chi connectivity index (χ1v) is 5.11. The van der Waals surface area contributed by atoms with Gasteiger partial charge in [0.2, 0.25) is 0 Å². The van der Waals surface area contributed by atoms with E-state index in [0.717, 1.165) is 25.2 Å². The first kappa shape index (κ1) is 9.98. The lowest BCUT2D eigenvalue weighted by Crippen LogP contribution is -2.25. The fraction of sp³-hybridized carbons (Fsp3) is 0.364. The standard InChI is InChI=1S/C11H16N4/c1-13-11(12)15-10-3-2-9-7-14-5-4-8(9)6-10/h2-3,6,14H,4-5,7H2,1H3,(H3,12,13,15). The summed E-state index contributed by atoms with van der Waals surface area (Å²) in [5, 5.41) is 6.39. The molecular weight excluding hydrogens is 188 g/mol. The minimum atomic E-state index is 0.448. The number of aliphatic imine (C=N–C) groups is 1. The van der Waals surface area contributed by atoms with Crippen LogP contribution in [0.1, 0.15) is 11.1 Å². The number of nitrogens with zero attached hydrogens (tertiary/aromatic N) is 1. The van der Waals surface area contributed by atoms with Crippen LogP contribution in [-0.2, 0) is 13.0 Å². The highest BCUT2D eigenvalue weighted by atomic mass is 15.1. The van der Waals surface area contributed by atoms with Crippen LogP contribution < -0.4 is 16.4 Å². The maximum absolute atomic E-state index is 5.61. The Hall–Kier alpha value is -1.55. The van der Waals surface area contributed by atoms with Gasteiger partial charge >= 0.3 is 0 Å². The number of hydrogen-bond acceptors (Lipinski definition) is 2. The summed E-state index contributed by atoms with van der Waals surface area (Å²) in [4.78, 5) is 3.87. The predicted molar refractivity (Wildman–Crippen MR) is 63.0 cm³/mol. The second-order valence-electron chi connectivity index (χ2n) is 3.64. The van der Waals surface area contributed by atoms with Gasteiger partial charge in [0.1, 0.15) is 0 Å². The molecule has 4 N–H and O–H groups in total. The average Bonchev–Trinajstić information content (AvgIpc) is 2.29. The lowest BCUT2D eigenvalue weighted by molar-refractivity contribution is 0.644. The molecule has 0 spiro atoms. The van der Waals surface area contributed by atoms with Gasteiger partial charge in [-0.3, -0.25) is 4.99 Å². The fourth-order valence-corrected chi connectivity index (χ4v) is 1.76. The molecule has 1 aliphatic rings. The monoisotopic (exact) mass is 204 g/mol. The molecule has 0 saturated heterocycles. The van der Waals surface area contributed by atoms with E-state index in [-0.39, 0.29) is 0 Å². The van der Waals surface area contributed by atoms with Gasteiger partial charge in [-0.05, 0) is 36.2 Å². The van der Waals surface area contributed by atoms with Crippen molar-refractivity contribution < 1.29 is 0 Å². The first-order valence-electron chi connectivity index (χ1n) is 5.11. The average molecular weight is 204 g/mol. The topological polar surface area (TPSA) is 62.4 Å². The van der Waals surface area contributed by atoms with Crippen molar-refractivity contribution in [2.24, 2.45) is 10.7 Å². The number of guanidine groups is 1. The molecule has 1 aromatic carbocycles. The molecule has 1 aliphatic heterocycles. The minimum Gasteiger partial charge on any atom is -0.370 e. The van der Waals surface area contributed by atoms with Crippen LogP contribution in [0.3, 0.4) is 0 Å². The summed E-state index contributed by atoms with van der Waals surface area (Å²) in [6.07, 6.45) is 1.08. The van der Waals surface area contributed by atoms with Crippen molar-refractivity contribution in [3.63, 3.8) is 0 Å². The van der Waals surface area contributed by atoms with Crippen molar-refractivity contribution in [3.8, 4) is 0 Å². The van der Waals surface area contributed by atoms with Gasteiger partial charge in [-0.1, -0.05) is 6.07 Å². The van der Waals surface area contributed by atoms with Gasteiger partial charge in [-0.25, -0.2) is 0 Å². The smallest absolute Gasteiger partial charge is 0.192 e. The Morgan fingerprint density at radius 3 is 3.13 bits per heavy atom. The Bertz CT molecular complexity index is 384. The zero-order valence-electron chi connectivity index (χ0n) is 8.88. The number of nitrogens with two attached hydrogens (primary N) is 1. The van der Waals surface area contributed by atoms with Crippen LogP contribution >= 0.6 is 0 Å². The molecule has 1 aromatic rings. The van der Waals surface area contributed by atoms with Gasteiger partial charge in [0.05, 0.1) is 0 Å². The third kappa shape index (κ3) is 2.27. The Kier molecular flexibility index (Phi) is 2.87. The van der Waals surface area contributed by atoms with Crippen molar-refractivity contribution in [2.75, 3.05) is 18.9 Å². The zero-order chi connectivity index (χ0) is 10.7. The van der Waals surface area contributed by atoms with Gasteiger partial charge in [0, 0.05) is 19.3 Å². The van der Waals surface area contributed by atoms with Crippen LogP contribution in [0.15, 0.2) is 23.2 Å². The number of hydrogen-bond donors (Lipinski definition) is 3. The molecule has 0 unspecified atom stereocenters. The molecule has 0 fully saturated rings. The molecule has 0 saturated carbocycles. The van der Waals surface area contributed by atoms with Crippen LogP contribution in [0.5, 0.6) is 0 Å². The zero-order valence-corrected chi connectivity index (χ0v) is 8.88. The van der Waals surface area contributed by atoms with Crippen molar-refractivity contribution in [1.29, 1.82) is 0 Å². The molecule has 0 atom stereocenters. The minimum absolute atomic E-state index is 0.448. The molecule has 15 heavy (non-hydrogen) atoms. The molecular formula is C11H16N4. The molecule has 0 aromatic heterocycles. The third-order valence-electron chi connectivity index (χ3n) is 2.61. The summed E-state index contributed by atoms with van der Waals surface area (Å²) >= 11 is 0. The van der Waals surface area contributed by atoms with Crippen LogP contribution in [0.2, 0.25) is 0 Å². The highest BCUT2D eigenvalue weighted by Gasteiger charge is 2.08. The van der Waals surface area contributed by atoms with Crippen molar-refractivity contribution in [1.82, 2.24) is 5.32 Å². The van der Waals surface area contributed by atoms with Crippen LogP contribution in [0.25, 0.3) is 0 Å².